The van der Waals surface area contributed by atoms with Gasteiger partial charge in [0, 0.05) is 49.0 Å². The van der Waals surface area contributed by atoms with Crippen LogP contribution >= 0.6 is 22.7 Å². The normalized spacial score (nSPS) is 11.1. The van der Waals surface area contributed by atoms with Gasteiger partial charge < -0.3 is 0 Å². The second kappa shape index (κ2) is 16.3. The lowest BCUT2D eigenvalue weighted by Gasteiger charge is -2.30. The van der Waals surface area contributed by atoms with Crippen molar-refractivity contribution >= 4 is 57.1 Å². The van der Waals surface area contributed by atoms with E-state index in [2.05, 4.69) is 212 Å². The quantitative estimate of drug-likeness (QED) is 0.131. The summed E-state index contributed by atoms with van der Waals surface area (Å²) < 4.78 is 2.32. The Balaban J connectivity index is 1.07. The highest BCUT2D eigenvalue weighted by molar-refractivity contribution is 7.19. The van der Waals surface area contributed by atoms with Crippen molar-refractivity contribution in [3.05, 3.63) is 225 Å². The van der Waals surface area contributed by atoms with Gasteiger partial charge in [-0.3, -0.25) is 24.3 Å². The summed E-state index contributed by atoms with van der Waals surface area (Å²) in [7, 11) is 0. The summed E-state index contributed by atoms with van der Waals surface area (Å²) >= 11 is 3.62. The second-order valence-corrected chi connectivity index (χ2v) is 16.1. The highest BCUT2D eigenvalue weighted by Crippen LogP contribution is 2.45. The molecule has 0 aliphatic rings. The summed E-state index contributed by atoms with van der Waals surface area (Å²) in [4.78, 5) is 18.7. The second-order valence-electron chi connectivity index (χ2n) is 14.0. The van der Waals surface area contributed by atoms with Gasteiger partial charge in [0.2, 0.25) is 0 Å². The van der Waals surface area contributed by atoms with Gasteiger partial charge in [0.25, 0.3) is 0 Å². The fourth-order valence-electron chi connectivity index (χ4n) is 7.46. The highest BCUT2D eigenvalue weighted by Gasteiger charge is 2.25. The van der Waals surface area contributed by atoms with E-state index >= 15 is 0 Å². The zero-order valence-electron chi connectivity index (χ0n) is 31.9. The zero-order chi connectivity index (χ0) is 39.4. The van der Waals surface area contributed by atoms with E-state index in [4.69, 9.17) is 0 Å². The minimum Gasteiger partial charge on any atom is -0.295 e. The van der Waals surface area contributed by atoms with Crippen LogP contribution in [0.15, 0.2) is 225 Å². The van der Waals surface area contributed by atoms with E-state index in [-0.39, 0.29) is 0 Å². The predicted octanol–water partition coefficient (Wildman–Crippen LogP) is 15.0. The van der Waals surface area contributed by atoms with Gasteiger partial charge in [-0.05, 0) is 119 Å². The van der Waals surface area contributed by atoms with E-state index in [1.165, 1.54) is 41.8 Å². The fraction of sp³-hybridized carbons (Fsp3) is 0. The van der Waals surface area contributed by atoms with Crippen LogP contribution in [0.5, 0.6) is 0 Å². The van der Waals surface area contributed by atoms with Crippen molar-refractivity contribution < 1.29 is 0 Å². The Kier molecular flexibility index (Phi) is 9.94. The van der Waals surface area contributed by atoms with Crippen LogP contribution in [0.1, 0.15) is 0 Å². The lowest BCUT2D eigenvalue weighted by atomic mass is 10.1. The molecule has 7 heteroatoms. The lowest BCUT2D eigenvalue weighted by Crippen LogP contribution is -2.18. The molecule has 0 N–H and O–H groups in total. The van der Waals surface area contributed by atoms with Crippen LogP contribution in [0.3, 0.4) is 0 Å². The molecular formula is C52H37N5S2. The van der Waals surface area contributed by atoms with Gasteiger partial charge >= 0.3 is 0 Å². The maximum atomic E-state index is 4.58. The van der Waals surface area contributed by atoms with Crippen LogP contribution in [-0.4, -0.2) is 14.5 Å². The van der Waals surface area contributed by atoms with Gasteiger partial charge in [0.15, 0.2) is 0 Å². The highest BCUT2D eigenvalue weighted by atomic mass is 32.1. The molecule has 0 bridgehead atoms. The summed E-state index contributed by atoms with van der Waals surface area (Å²) in [6.45, 7) is 0. The van der Waals surface area contributed by atoms with Crippen molar-refractivity contribution in [3.8, 4) is 47.4 Å². The van der Waals surface area contributed by atoms with Crippen LogP contribution in [0.2, 0.25) is 0 Å². The van der Waals surface area contributed by atoms with E-state index in [1.54, 1.807) is 0 Å². The van der Waals surface area contributed by atoms with Crippen LogP contribution in [-0.2, 0) is 0 Å². The number of rotatable bonds is 11. The molecular weight excluding hydrogens is 759 g/mol. The average Bonchev–Trinajstić information content (AvgIpc) is 4.11. The van der Waals surface area contributed by atoms with Crippen molar-refractivity contribution in [1.82, 2.24) is 14.5 Å². The van der Waals surface area contributed by atoms with Crippen molar-refractivity contribution in [2.45, 2.75) is 0 Å². The molecule has 0 spiro atoms. The molecule has 0 aliphatic carbocycles. The Morgan fingerprint density at radius 1 is 0.322 bits per heavy atom. The van der Waals surface area contributed by atoms with Gasteiger partial charge in [0.1, 0.15) is 11.6 Å². The van der Waals surface area contributed by atoms with Gasteiger partial charge in [0.05, 0.1) is 23.8 Å². The number of hydrogen-bond donors (Lipinski definition) is 0. The number of thiophene rings is 2. The third kappa shape index (κ3) is 7.37. The number of pyridine rings is 2. The largest absolute Gasteiger partial charge is 0.295 e. The molecule has 5 nitrogen and oxygen atoms in total. The molecule has 0 saturated carbocycles. The third-order valence-corrected chi connectivity index (χ3v) is 12.6. The molecule has 0 saturated heterocycles. The molecule has 5 aromatic heterocycles. The Morgan fingerprint density at radius 2 is 0.695 bits per heavy atom. The van der Waals surface area contributed by atoms with Gasteiger partial charge in [-0.1, -0.05) is 103 Å². The molecule has 0 atom stereocenters. The molecule has 0 aliphatic heterocycles. The lowest BCUT2D eigenvalue weighted by molar-refractivity contribution is 1.01. The van der Waals surface area contributed by atoms with Crippen molar-refractivity contribution in [1.29, 1.82) is 0 Å². The first kappa shape index (κ1) is 36.0. The van der Waals surface area contributed by atoms with E-state index in [9.17, 15) is 0 Å². The van der Waals surface area contributed by atoms with Gasteiger partial charge in [-0.2, -0.15) is 0 Å². The summed E-state index contributed by atoms with van der Waals surface area (Å²) in [5.74, 6) is 1.93. The fourth-order valence-corrected chi connectivity index (χ4v) is 9.49. The van der Waals surface area contributed by atoms with Crippen LogP contribution in [0, 0.1) is 0 Å². The minimum absolute atomic E-state index is 0.952. The third-order valence-electron chi connectivity index (χ3n) is 10.3. The Hall–Kier alpha value is -7.32. The van der Waals surface area contributed by atoms with E-state index in [0.29, 0.717) is 0 Å². The van der Waals surface area contributed by atoms with Crippen LogP contribution in [0.4, 0.5) is 34.4 Å². The Morgan fingerprint density at radius 3 is 1.07 bits per heavy atom. The number of para-hydroxylation sites is 1. The molecule has 0 unspecified atom stereocenters. The van der Waals surface area contributed by atoms with Gasteiger partial charge in [-0.25, -0.2) is 0 Å². The van der Waals surface area contributed by atoms with Gasteiger partial charge in [-0.15, -0.1) is 22.7 Å². The van der Waals surface area contributed by atoms with Crippen LogP contribution < -0.4 is 9.80 Å². The molecule has 282 valence electrons. The topological polar surface area (TPSA) is 37.2 Å². The molecule has 10 aromatic rings. The molecule has 0 fully saturated rings. The first-order valence-electron chi connectivity index (χ1n) is 19.5. The first-order valence-corrected chi connectivity index (χ1v) is 21.1. The standard InChI is InChI=1S/C52H37N5S2/c1-4-12-38(13-5-1)47-28-30-49(58-47)40-20-24-43(25-21-40)55(45-18-10-34-53-36-45)51-32-33-52(57(51)42-16-8-3-9-17-42)56(46-19-11-35-54-37-46)44-26-22-41(23-27-44)50-31-29-48(59-50)39-14-6-2-7-15-39/h1-37H. The smallest absolute Gasteiger partial charge is 0.124 e. The zero-order valence-corrected chi connectivity index (χ0v) is 33.5. The molecule has 0 radical (unpaired) electrons. The number of nitrogens with zero attached hydrogens (tertiary/aromatic N) is 5. The average molecular weight is 796 g/mol. The first-order chi connectivity index (χ1) is 29.3. The Bertz CT molecular complexity index is 2720. The minimum atomic E-state index is 0.952. The summed E-state index contributed by atoms with van der Waals surface area (Å²) in [6.07, 6.45) is 7.49. The summed E-state index contributed by atoms with van der Waals surface area (Å²) in [6, 6.07) is 70.8. The van der Waals surface area contributed by atoms with E-state index in [0.717, 1.165) is 40.1 Å². The molecule has 59 heavy (non-hydrogen) atoms. The molecule has 10 rings (SSSR count). The number of anilines is 6. The summed E-state index contributed by atoms with van der Waals surface area (Å²) in [5.41, 5.74) is 9.79. The van der Waals surface area contributed by atoms with E-state index in [1.807, 2.05) is 59.6 Å². The van der Waals surface area contributed by atoms with Crippen molar-refractivity contribution in [2.24, 2.45) is 0 Å². The predicted molar refractivity (Wildman–Crippen MR) is 248 cm³/mol. The molecule has 5 heterocycles. The number of benzene rings is 5. The maximum Gasteiger partial charge on any atom is 0.124 e. The number of aromatic nitrogens is 3. The number of hydrogen-bond acceptors (Lipinski definition) is 6. The van der Waals surface area contributed by atoms with Crippen molar-refractivity contribution in [3.63, 3.8) is 0 Å². The van der Waals surface area contributed by atoms with E-state index < -0.39 is 0 Å². The maximum absolute atomic E-state index is 4.58. The van der Waals surface area contributed by atoms with Crippen molar-refractivity contribution in [2.75, 3.05) is 9.80 Å². The molecule has 5 aromatic carbocycles. The monoisotopic (exact) mass is 795 g/mol. The Labute approximate surface area is 352 Å². The molecule has 0 amide bonds. The SMILES string of the molecule is c1ccc(-c2ccc(-c3ccc(N(c4cccnc4)c4ccc(N(c5ccc(-c6ccc(-c7ccccc7)s6)cc5)c5cccnc5)n4-c4ccccc4)cc3)s2)cc1. The summed E-state index contributed by atoms with van der Waals surface area (Å²) in [5, 5.41) is 0. The van der Waals surface area contributed by atoms with Crippen LogP contribution in [0.25, 0.3) is 47.4 Å².